The van der Waals surface area contributed by atoms with Crippen molar-refractivity contribution in [1.82, 2.24) is 0 Å². The second kappa shape index (κ2) is 9.42. The number of aliphatic hydroxyl groups is 2. The average Bonchev–Trinajstić information content (AvgIpc) is 3.21. The van der Waals surface area contributed by atoms with E-state index in [0.717, 1.165) is 63.6 Å². The van der Waals surface area contributed by atoms with Crippen LogP contribution in [0, 0.1) is 40.4 Å². The van der Waals surface area contributed by atoms with Gasteiger partial charge in [0.1, 0.15) is 0 Å². The van der Waals surface area contributed by atoms with Gasteiger partial charge in [-0.1, -0.05) is 32.0 Å². The Kier molecular flexibility index (Phi) is 6.52. The van der Waals surface area contributed by atoms with Crippen molar-refractivity contribution in [1.29, 1.82) is 0 Å². The number of anilines is 1. The summed E-state index contributed by atoms with van der Waals surface area (Å²) in [6.07, 6.45) is 13.4. The van der Waals surface area contributed by atoms with Crippen molar-refractivity contribution < 1.29 is 15.0 Å². The molecule has 0 spiro atoms. The number of fused-ring (bicyclic) bond motifs is 6. The first-order valence-corrected chi connectivity index (χ1v) is 15.1. The molecule has 0 aromatic heterocycles. The number of rotatable bonds is 4. The van der Waals surface area contributed by atoms with Crippen molar-refractivity contribution in [2.45, 2.75) is 110 Å². The lowest BCUT2D eigenvalue weighted by Gasteiger charge is -2.62. The minimum Gasteiger partial charge on any atom is -0.393 e. The van der Waals surface area contributed by atoms with E-state index in [2.05, 4.69) is 38.1 Å². The number of hydrogen-bond acceptors (Lipinski definition) is 3. The lowest BCUT2D eigenvalue weighted by molar-refractivity contribution is -0.172. The monoisotopic (exact) mass is 493 g/mol. The van der Waals surface area contributed by atoms with E-state index >= 15 is 0 Å². The molecule has 0 bridgehead atoms. The Bertz CT molecular complexity index is 978. The third-order valence-electron chi connectivity index (χ3n) is 12.2. The van der Waals surface area contributed by atoms with Crippen LogP contribution in [0.2, 0.25) is 0 Å². The molecule has 7 unspecified atom stereocenters. The Balaban J connectivity index is 1.10. The maximum absolute atomic E-state index is 13.2. The van der Waals surface area contributed by atoms with Crippen LogP contribution in [-0.2, 0) is 11.2 Å². The quantitative estimate of drug-likeness (QED) is 0.531. The minimum atomic E-state index is -0.206. The number of aliphatic hydroxyl groups excluding tert-OH is 2. The van der Waals surface area contributed by atoms with Crippen LogP contribution >= 0.6 is 0 Å². The van der Waals surface area contributed by atoms with Gasteiger partial charge < -0.3 is 15.1 Å². The fourth-order valence-corrected chi connectivity index (χ4v) is 10.2. The first kappa shape index (κ1) is 24.9. The summed E-state index contributed by atoms with van der Waals surface area (Å²) in [6, 6.07) is 8.42. The Labute approximate surface area is 217 Å². The predicted octanol–water partition coefficient (Wildman–Crippen LogP) is 6.13. The summed E-state index contributed by atoms with van der Waals surface area (Å²) in [6.45, 7) is 5.88. The summed E-state index contributed by atoms with van der Waals surface area (Å²) in [5.74, 6) is 3.10. The van der Waals surface area contributed by atoms with E-state index in [9.17, 15) is 15.0 Å². The van der Waals surface area contributed by atoms with Crippen molar-refractivity contribution in [3.8, 4) is 0 Å². The van der Waals surface area contributed by atoms with Gasteiger partial charge in [-0.05, 0) is 129 Å². The van der Waals surface area contributed by atoms with Gasteiger partial charge in [-0.2, -0.15) is 0 Å². The van der Waals surface area contributed by atoms with E-state index in [1.807, 2.05) is 4.90 Å². The van der Waals surface area contributed by atoms with Gasteiger partial charge in [-0.3, -0.25) is 4.79 Å². The molecule has 1 aliphatic heterocycles. The van der Waals surface area contributed by atoms with Gasteiger partial charge in [0.25, 0.3) is 0 Å². The third kappa shape index (κ3) is 3.97. The Hall–Kier alpha value is -1.39. The summed E-state index contributed by atoms with van der Waals surface area (Å²) >= 11 is 0. The van der Waals surface area contributed by atoms with Crippen molar-refractivity contribution in [3.05, 3.63) is 29.8 Å². The molecular weight excluding hydrogens is 446 g/mol. The van der Waals surface area contributed by atoms with Crippen LogP contribution in [0.1, 0.15) is 96.5 Å². The largest absolute Gasteiger partial charge is 0.393 e. The zero-order valence-electron chi connectivity index (χ0n) is 22.5. The normalized spacial score (nSPS) is 43.8. The number of carbonyl (C=O) groups is 1. The van der Waals surface area contributed by atoms with Gasteiger partial charge in [-0.15, -0.1) is 0 Å². The second-order valence-corrected chi connectivity index (χ2v) is 13.7. The minimum absolute atomic E-state index is 0.169. The molecule has 4 saturated carbocycles. The van der Waals surface area contributed by atoms with Gasteiger partial charge in [0, 0.05) is 18.7 Å². The molecule has 36 heavy (non-hydrogen) atoms. The molecule has 1 heterocycles. The number of benzene rings is 1. The summed E-state index contributed by atoms with van der Waals surface area (Å²) in [5, 5.41) is 21.7. The van der Waals surface area contributed by atoms with Crippen molar-refractivity contribution in [3.63, 3.8) is 0 Å². The van der Waals surface area contributed by atoms with Crippen molar-refractivity contribution in [2.24, 2.45) is 40.4 Å². The van der Waals surface area contributed by atoms with Crippen LogP contribution in [0.25, 0.3) is 0 Å². The highest BCUT2D eigenvalue weighted by Gasteiger charge is 2.62. The maximum atomic E-state index is 13.2. The van der Waals surface area contributed by atoms with E-state index < -0.39 is 0 Å². The lowest BCUT2D eigenvalue weighted by atomic mass is 9.44. The van der Waals surface area contributed by atoms with E-state index in [0.29, 0.717) is 52.7 Å². The van der Waals surface area contributed by atoms with Gasteiger partial charge in [-0.25, -0.2) is 0 Å². The summed E-state index contributed by atoms with van der Waals surface area (Å²) in [7, 11) is 0. The number of nitrogens with zero attached hydrogens (tertiary/aromatic N) is 1. The van der Waals surface area contributed by atoms with E-state index in [4.69, 9.17) is 0 Å². The molecule has 0 radical (unpaired) electrons. The lowest BCUT2D eigenvalue weighted by Crippen LogP contribution is -2.58. The van der Waals surface area contributed by atoms with Crippen LogP contribution in [0.5, 0.6) is 0 Å². The molecule has 4 heteroatoms. The Morgan fingerprint density at radius 1 is 1.00 bits per heavy atom. The average molecular weight is 494 g/mol. The molecule has 5 aliphatic rings. The van der Waals surface area contributed by atoms with Crippen LogP contribution in [0.3, 0.4) is 0 Å². The highest BCUT2D eigenvalue weighted by molar-refractivity contribution is 5.94. The number of para-hydroxylation sites is 1. The molecule has 1 amide bonds. The highest BCUT2D eigenvalue weighted by atomic mass is 16.3. The molecule has 4 fully saturated rings. The molecule has 9 atom stereocenters. The number of aryl methyl sites for hydroxylation is 1. The maximum Gasteiger partial charge on any atom is 0.226 e. The van der Waals surface area contributed by atoms with Crippen LogP contribution in [0.15, 0.2) is 24.3 Å². The second-order valence-electron chi connectivity index (χ2n) is 13.7. The summed E-state index contributed by atoms with van der Waals surface area (Å²) in [4.78, 5) is 15.2. The molecular formula is C32H47NO3. The fraction of sp³-hybridized carbons (Fsp3) is 0.781. The van der Waals surface area contributed by atoms with E-state index in [-0.39, 0.29) is 12.2 Å². The van der Waals surface area contributed by atoms with E-state index in [1.165, 1.54) is 31.2 Å². The Morgan fingerprint density at radius 2 is 1.78 bits per heavy atom. The predicted molar refractivity (Wildman–Crippen MR) is 144 cm³/mol. The number of hydrogen-bond donors (Lipinski definition) is 2. The first-order chi connectivity index (χ1) is 17.3. The van der Waals surface area contributed by atoms with Crippen molar-refractivity contribution in [2.75, 3.05) is 11.4 Å². The number of carbonyl (C=O) groups excluding carboxylic acids is 1. The van der Waals surface area contributed by atoms with Crippen LogP contribution < -0.4 is 4.90 Å². The standard InChI is InChI=1S/C32H47NO3/c1-31-17-15-26-30(28(35)20-23-19-24(34)14-16-32(23,26)2)25(31)13-12-22(31)9-5-11-29(36)33-18-6-8-21-7-3-4-10-27(21)33/h3-4,7,10,22-26,28,30,34-35H,5-6,8-9,11-20H2,1-2H3/t22-,23?,24+,25?,26?,28?,30?,31?,32?/m0/s1. The fourth-order valence-electron chi connectivity index (χ4n) is 10.2. The van der Waals surface area contributed by atoms with Gasteiger partial charge >= 0.3 is 0 Å². The SMILES string of the molecule is CC12CC[C@@H](O)CC1CC(O)C1C2CCC2(C)C1CC[C@@H]2CCCC(=O)N1CCCc2ccccc21. The first-order valence-electron chi connectivity index (χ1n) is 15.1. The smallest absolute Gasteiger partial charge is 0.226 e. The summed E-state index contributed by atoms with van der Waals surface area (Å²) in [5.41, 5.74) is 3.04. The molecule has 1 aromatic carbocycles. The topological polar surface area (TPSA) is 60.8 Å². The third-order valence-corrected chi connectivity index (χ3v) is 12.2. The van der Waals surface area contributed by atoms with Gasteiger partial charge in [0.15, 0.2) is 0 Å². The number of amides is 1. The Morgan fingerprint density at radius 3 is 2.64 bits per heavy atom. The molecule has 4 aliphatic carbocycles. The van der Waals surface area contributed by atoms with Crippen molar-refractivity contribution >= 4 is 11.6 Å². The highest BCUT2D eigenvalue weighted by Crippen LogP contribution is 2.67. The molecule has 6 rings (SSSR count). The van der Waals surface area contributed by atoms with Crippen LogP contribution in [-0.4, -0.2) is 34.9 Å². The van der Waals surface area contributed by atoms with E-state index in [1.54, 1.807) is 0 Å². The summed E-state index contributed by atoms with van der Waals surface area (Å²) < 4.78 is 0. The molecule has 198 valence electrons. The molecule has 1 aromatic rings. The van der Waals surface area contributed by atoms with Gasteiger partial charge in [0.2, 0.25) is 5.91 Å². The zero-order valence-corrected chi connectivity index (χ0v) is 22.5. The zero-order chi connectivity index (χ0) is 25.1. The molecule has 0 saturated heterocycles. The van der Waals surface area contributed by atoms with Gasteiger partial charge in [0.05, 0.1) is 12.2 Å². The molecule has 2 N–H and O–H groups in total. The molecule has 4 nitrogen and oxygen atoms in total. The van der Waals surface area contributed by atoms with Crippen LogP contribution in [0.4, 0.5) is 5.69 Å².